The van der Waals surface area contributed by atoms with Gasteiger partial charge in [0, 0.05) is 19.0 Å². The molecule has 0 aliphatic carbocycles. The van der Waals surface area contributed by atoms with Crippen LogP contribution in [0.1, 0.15) is 24.8 Å². The van der Waals surface area contributed by atoms with Crippen LogP contribution < -0.4 is 10.6 Å². The molecular weight excluding hydrogens is 228 g/mol. The highest BCUT2D eigenvalue weighted by atomic mass is 16.2. The Morgan fingerprint density at radius 2 is 2.11 bits per heavy atom. The van der Waals surface area contributed by atoms with Crippen LogP contribution in [0.15, 0.2) is 30.3 Å². The molecule has 0 radical (unpaired) electrons. The fourth-order valence-electron chi connectivity index (χ4n) is 2.29. The van der Waals surface area contributed by atoms with Crippen LogP contribution in [0.4, 0.5) is 0 Å². The molecule has 2 rings (SSSR count). The van der Waals surface area contributed by atoms with Crippen LogP contribution >= 0.6 is 0 Å². The van der Waals surface area contributed by atoms with Crippen molar-refractivity contribution in [3.8, 4) is 0 Å². The molecule has 0 aromatic heterocycles. The molecule has 2 atom stereocenters. The molecule has 0 spiro atoms. The van der Waals surface area contributed by atoms with Gasteiger partial charge in [-0.1, -0.05) is 37.3 Å². The maximum atomic E-state index is 12.0. The number of nitrogens with one attached hydrogen (secondary N) is 2. The van der Waals surface area contributed by atoms with E-state index in [1.165, 1.54) is 0 Å². The number of benzene rings is 1. The SMILES string of the molecule is CCCNC(=O)[C@H]1C(=O)NC[C@@H]1c1ccccc1. The number of hydrogen-bond acceptors (Lipinski definition) is 2. The number of carbonyl (C=O) groups excluding carboxylic acids is 2. The van der Waals surface area contributed by atoms with E-state index in [2.05, 4.69) is 10.6 Å². The van der Waals surface area contributed by atoms with E-state index in [0.29, 0.717) is 13.1 Å². The lowest BCUT2D eigenvalue weighted by atomic mass is 9.88. The summed E-state index contributed by atoms with van der Waals surface area (Å²) >= 11 is 0. The van der Waals surface area contributed by atoms with Gasteiger partial charge < -0.3 is 10.6 Å². The zero-order valence-corrected chi connectivity index (χ0v) is 10.5. The van der Waals surface area contributed by atoms with Gasteiger partial charge in [0.15, 0.2) is 0 Å². The molecule has 4 nitrogen and oxygen atoms in total. The van der Waals surface area contributed by atoms with Crippen LogP contribution in [0.25, 0.3) is 0 Å². The summed E-state index contributed by atoms with van der Waals surface area (Å²) in [5.74, 6) is -0.993. The molecule has 1 fully saturated rings. The Hall–Kier alpha value is -1.84. The molecule has 0 saturated carbocycles. The molecule has 1 aromatic rings. The van der Waals surface area contributed by atoms with E-state index in [-0.39, 0.29) is 17.7 Å². The fourth-order valence-corrected chi connectivity index (χ4v) is 2.29. The molecule has 1 saturated heterocycles. The average molecular weight is 246 g/mol. The first-order valence-electron chi connectivity index (χ1n) is 6.34. The lowest BCUT2D eigenvalue weighted by Gasteiger charge is -2.16. The van der Waals surface area contributed by atoms with Gasteiger partial charge in [0.05, 0.1) is 0 Å². The molecule has 1 aliphatic rings. The van der Waals surface area contributed by atoms with Crippen molar-refractivity contribution in [1.29, 1.82) is 0 Å². The number of hydrogen-bond donors (Lipinski definition) is 2. The molecule has 0 bridgehead atoms. The summed E-state index contributed by atoms with van der Waals surface area (Å²) in [6.07, 6.45) is 0.871. The van der Waals surface area contributed by atoms with Crippen molar-refractivity contribution in [1.82, 2.24) is 10.6 Å². The number of rotatable bonds is 4. The summed E-state index contributed by atoms with van der Waals surface area (Å²) in [4.78, 5) is 23.8. The lowest BCUT2D eigenvalue weighted by Crippen LogP contribution is -2.37. The summed E-state index contributed by atoms with van der Waals surface area (Å²) in [5.41, 5.74) is 1.03. The van der Waals surface area contributed by atoms with Gasteiger partial charge in [0.1, 0.15) is 5.92 Å². The van der Waals surface area contributed by atoms with Crippen molar-refractivity contribution in [3.05, 3.63) is 35.9 Å². The van der Waals surface area contributed by atoms with Crippen LogP contribution in [0, 0.1) is 5.92 Å². The minimum absolute atomic E-state index is 0.0597. The van der Waals surface area contributed by atoms with Gasteiger partial charge in [-0.05, 0) is 12.0 Å². The second-order valence-electron chi connectivity index (χ2n) is 4.53. The van der Waals surface area contributed by atoms with E-state index < -0.39 is 5.92 Å². The predicted molar refractivity (Wildman–Crippen MR) is 69.0 cm³/mol. The Kier molecular flexibility index (Phi) is 3.97. The van der Waals surface area contributed by atoms with Gasteiger partial charge in [-0.25, -0.2) is 0 Å². The van der Waals surface area contributed by atoms with E-state index in [1.807, 2.05) is 37.3 Å². The molecule has 96 valence electrons. The third kappa shape index (κ3) is 2.53. The Morgan fingerprint density at radius 1 is 1.39 bits per heavy atom. The zero-order chi connectivity index (χ0) is 13.0. The van der Waals surface area contributed by atoms with Crippen LogP contribution in [0.3, 0.4) is 0 Å². The Balaban J connectivity index is 2.15. The quantitative estimate of drug-likeness (QED) is 0.780. The molecule has 2 amide bonds. The zero-order valence-electron chi connectivity index (χ0n) is 10.5. The normalized spacial score (nSPS) is 22.6. The first-order valence-corrected chi connectivity index (χ1v) is 6.34. The van der Waals surface area contributed by atoms with E-state index >= 15 is 0 Å². The van der Waals surface area contributed by atoms with Gasteiger partial charge in [0.25, 0.3) is 0 Å². The third-order valence-corrected chi connectivity index (χ3v) is 3.24. The van der Waals surface area contributed by atoms with Crippen molar-refractivity contribution in [3.63, 3.8) is 0 Å². The summed E-state index contributed by atoms with van der Waals surface area (Å²) in [5, 5.41) is 5.58. The monoisotopic (exact) mass is 246 g/mol. The van der Waals surface area contributed by atoms with Crippen molar-refractivity contribution in [2.45, 2.75) is 19.3 Å². The lowest BCUT2D eigenvalue weighted by molar-refractivity contribution is -0.133. The second-order valence-corrected chi connectivity index (χ2v) is 4.53. The second kappa shape index (κ2) is 5.67. The highest BCUT2D eigenvalue weighted by Gasteiger charge is 2.40. The van der Waals surface area contributed by atoms with Gasteiger partial charge in [-0.2, -0.15) is 0 Å². The van der Waals surface area contributed by atoms with Gasteiger partial charge in [-0.3, -0.25) is 9.59 Å². The van der Waals surface area contributed by atoms with Crippen molar-refractivity contribution >= 4 is 11.8 Å². The average Bonchev–Trinajstić information content (AvgIpc) is 2.79. The van der Waals surface area contributed by atoms with Crippen molar-refractivity contribution in [2.24, 2.45) is 5.92 Å². The molecule has 0 unspecified atom stereocenters. The molecule has 18 heavy (non-hydrogen) atoms. The highest BCUT2D eigenvalue weighted by molar-refractivity contribution is 6.02. The summed E-state index contributed by atoms with van der Waals surface area (Å²) in [6, 6.07) is 9.72. The highest BCUT2D eigenvalue weighted by Crippen LogP contribution is 2.28. The predicted octanol–water partition coefficient (Wildman–Crippen LogP) is 1.04. The Labute approximate surface area is 107 Å². The van der Waals surface area contributed by atoms with Crippen LogP contribution in [-0.2, 0) is 9.59 Å². The molecule has 4 heteroatoms. The molecular formula is C14H18N2O2. The molecule has 1 heterocycles. The van der Waals surface area contributed by atoms with Crippen LogP contribution in [0.5, 0.6) is 0 Å². The van der Waals surface area contributed by atoms with Gasteiger partial charge >= 0.3 is 0 Å². The van der Waals surface area contributed by atoms with Crippen molar-refractivity contribution in [2.75, 3.05) is 13.1 Å². The summed E-state index contributed by atoms with van der Waals surface area (Å²) in [7, 11) is 0. The maximum Gasteiger partial charge on any atom is 0.233 e. The smallest absolute Gasteiger partial charge is 0.233 e. The molecule has 1 aromatic carbocycles. The maximum absolute atomic E-state index is 12.0. The van der Waals surface area contributed by atoms with E-state index in [0.717, 1.165) is 12.0 Å². The topological polar surface area (TPSA) is 58.2 Å². The van der Waals surface area contributed by atoms with E-state index in [4.69, 9.17) is 0 Å². The van der Waals surface area contributed by atoms with Gasteiger partial charge in [-0.15, -0.1) is 0 Å². The first-order chi connectivity index (χ1) is 8.74. The number of carbonyl (C=O) groups is 2. The van der Waals surface area contributed by atoms with Crippen LogP contribution in [0.2, 0.25) is 0 Å². The minimum atomic E-state index is -0.598. The minimum Gasteiger partial charge on any atom is -0.355 e. The van der Waals surface area contributed by atoms with Crippen LogP contribution in [-0.4, -0.2) is 24.9 Å². The Bertz CT molecular complexity index is 431. The van der Waals surface area contributed by atoms with E-state index in [1.54, 1.807) is 0 Å². The first kappa shape index (κ1) is 12.6. The standard InChI is InChI=1S/C14H18N2O2/c1-2-8-15-13(17)12-11(9-16-14(12)18)10-6-4-3-5-7-10/h3-7,11-12H,2,8-9H2,1H3,(H,15,17)(H,16,18)/t11-,12+/m1/s1. The van der Waals surface area contributed by atoms with Crippen molar-refractivity contribution < 1.29 is 9.59 Å². The fraction of sp³-hybridized carbons (Fsp3) is 0.429. The summed E-state index contributed by atoms with van der Waals surface area (Å²) in [6.45, 7) is 3.14. The Morgan fingerprint density at radius 3 is 2.78 bits per heavy atom. The largest absolute Gasteiger partial charge is 0.355 e. The van der Waals surface area contributed by atoms with Gasteiger partial charge in [0.2, 0.25) is 11.8 Å². The number of amides is 2. The molecule has 1 aliphatic heterocycles. The molecule has 2 N–H and O–H groups in total. The summed E-state index contributed by atoms with van der Waals surface area (Å²) < 4.78 is 0. The van der Waals surface area contributed by atoms with E-state index in [9.17, 15) is 9.59 Å². The third-order valence-electron chi connectivity index (χ3n) is 3.24.